The highest BCUT2D eigenvalue weighted by molar-refractivity contribution is 7.89. The number of fused-ring (bicyclic) bond motifs is 1. The fourth-order valence-electron chi connectivity index (χ4n) is 3.05. The van der Waals surface area contributed by atoms with Crippen LogP contribution in [-0.2, 0) is 23.0 Å². The van der Waals surface area contributed by atoms with Gasteiger partial charge in [0.25, 0.3) is 0 Å². The summed E-state index contributed by atoms with van der Waals surface area (Å²) in [6.07, 6.45) is 1.99. The Hall–Kier alpha value is -2.71. The molecule has 0 N–H and O–H groups in total. The van der Waals surface area contributed by atoms with E-state index >= 15 is 0 Å². The summed E-state index contributed by atoms with van der Waals surface area (Å²) in [6.45, 7) is 0.209. The van der Waals surface area contributed by atoms with E-state index in [0.717, 1.165) is 27.7 Å². The molecule has 0 unspecified atom stereocenters. The van der Waals surface area contributed by atoms with E-state index in [9.17, 15) is 17.2 Å². The van der Waals surface area contributed by atoms with Gasteiger partial charge in [0.2, 0.25) is 10.0 Å². The van der Waals surface area contributed by atoms with E-state index in [2.05, 4.69) is 9.97 Å². The molecule has 2 aromatic carbocycles. The van der Waals surface area contributed by atoms with E-state index in [1.54, 1.807) is 6.20 Å². The van der Waals surface area contributed by atoms with Crippen molar-refractivity contribution in [1.82, 2.24) is 14.3 Å². The Labute approximate surface area is 155 Å². The highest BCUT2D eigenvalue weighted by Gasteiger charge is 2.31. The number of sulfonamides is 1. The first-order valence-electron chi connectivity index (χ1n) is 8.30. The van der Waals surface area contributed by atoms with Crippen molar-refractivity contribution in [3.63, 3.8) is 0 Å². The van der Waals surface area contributed by atoms with Crippen LogP contribution in [0.3, 0.4) is 0 Å². The monoisotopic (exact) mass is 387 g/mol. The summed E-state index contributed by atoms with van der Waals surface area (Å²) < 4.78 is 53.7. The molecule has 4 rings (SSSR count). The van der Waals surface area contributed by atoms with Crippen molar-refractivity contribution >= 4 is 10.0 Å². The second-order valence-corrected chi connectivity index (χ2v) is 8.10. The molecule has 0 fully saturated rings. The molecule has 1 aromatic heterocycles. The molecule has 138 valence electrons. The predicted molar refractivity (Wildman–Crippen MR) is 95.1 cm³/mol. The third-order valence-corrected chi connectivity index (χ3v) is 6.32. The molecular formula is C19H15F2N3O2S. The normalized spacial score (nSPS) is 14.7. The molecule has 1 aliphatic rings. The number of aromatic nitrogens is 2. The van der Waals surface area contributed by atoms with E-state index in [0.29, 0.717) is 23.9 Å². The van der Waals surface area contributed by atoms with Crippen LogP contribution in [0.1, 0.15) is 11.3 Å². The number of rotatable bonds is 3. The molecule has 2 heterocycles. The molecule has 3 aromatic rings. The van der Waals surface area contributed by atoms with Crippen molar-refractivity contribution in [2.45, 2.75) is 17.9 Å². The molecule has 0 radical (unpaired) electrons. The largest absolute Gasteiger partial charge is 0.246 e. The molecule has 27 heavy (non-hydrogen) atoms. The van der Waals surface area contributed by atoms with Gasteiger partial charge in [-0.3, -0.25) is 0 Å². The maximum absolute atomic E-state index is 14.0. The van der Waals surface area contributed by atoms with Crippen LogP contribution in [0.2, 0.25) is 0 Å². The van der Waals surface area contributed by atoms with Gasteiger partial charge in [0.05, 0.1) is 5.69 Å². The Balaban J connectivity index is 1.63. The van der Waals surface area contributed by atoms with Gasteiger partial charge in [0.1, 0.15) is 16.5 Å². The first-order valence-corrected chi connectivity index (χ1v) is 9.74. The number of hydrogen-bond donors (Lipinski definition) is 0. The molecule has 0 spiro atoms. The van der Waals surface area contributed by atoms with Gasteiger partial charge >= 0.3 is 0 Å². The fraction of sp³-hybridized carbons (Fsp3) is 0.158. The third kappa shape index (κ3) is 3.33. The van der Waals surface area contributed by atoms with Crippen LogP contribution >= 0.6 is 0 Å². The minimum Gasteiger partial charge on any atom is -0.236 e. The van der Waals surface area contributed by atoms with Gasteiger partial charge in [-0.25, -0.2) is 27.2 Å². The lowest BCUT2D eigenvalue weighted by Crippen LogP contribution is -2.37. The molecular weight excluding hydrogens is 372 g/mol. The maximum Gasteiger partial charge on any atom is 0.246 e. The van der Waals surface area contributed by atoms with E-state index in [4.69, 9.17) is 0 Å². The van der Waals surface area contributed by atoms with Crippen LogP contribution in [0.25, 0.3) is 11.4 Å². The summed E-state index contributed by atoms with van der Waals surface area (Å²) in [7, 11) is -4.08. The van der Waals surface area contributed by atoms with Crippen molar-refractivity contribution in [3.05, 3.63) is 77.6 Å². The lowest BCUT2D eigenvalue weighted by molar-refractivity contribution is 0.384. The second kappa shape index (κ2) is 6.79. The third-order valence-electron chi connectivity index (χ3n) is 4.44. The van der Waals surface area contributed by atoms with Crippen molar-refractivity contribution in [2.24, 2.45) is 0 Å². The van der Waals surface area contributed by atoms with Crippen LogP contribution in [0.4, 0.5) is 8.78 Å². The Morgan fingerprint density at radius 3 is 2.56 bits per heavy atom. The lowest BCUT2D eigenvalue weighted by Gasteiger charge is -2.27. The first-order chi connectivity index (χ1) is 12.9. The van der Waals surface area contributed by atoms with E-state index < -0.39 is 26.6 Å². The van der Waals surface area contributed by atoms with Crippen molar-refractivity contribution in [2.75, 3.05) is 6.54 Å². The summed E-state index contributed by atoms with van der Waals surface area (Å²) in [5.74, 6) is -1.34. The van der Waals surface area contributed by atoms with Crippen molar-refractivity contribution < 1.29 is 17.2 Å². The summed E-state index contributed by atoms with van der Waals surface area (Å²) >= 11 is 0. The summed E-state index contributed by atoms with van der Waals surface area (Å²) in [5, 5.41) is 0. The molecule has 0 amide bonds. The van der Waals surface area contributed by atoms with Crippen LogP contribution < -0.4 is 0 Å². The second-order valence-electron chi connectivity index (χ2n) is 6.19. The van der Waals surface area contributed by atoms with Crippen molar-refractivity contribution in [1.29, 1.82) is 0 Å². The Bertz CT molecular complexity index is 1110. The minimum absolute atomic E-state index is 0.0452. The lowest BCUT2D eigenvalue weighted by atomic mass is 10.1. The van der Waals surface area contributed by atoms with Gasteiger partial charge < -0.3 is 0 Å². The minimum atomic E-state index is -4.08. The first kappa shape index (κ1) is 17.7. The van der Waals surface area contributed by atoms with Gasteiger partial charge in [-0.15, -0.1) is 0 Å². The van der Waals surface area contributed by atoms with E-state index in [1.807, 2.05) is 30.3 Å². The molecule has 1 aliphatic heterocycles. The molecule has 0 saturated heterocycles. The van der Waals surface area contributed by atoms with Gasteiger partial charge in [-0.05, 0) is 12.1 Å². The summed E-state index contributed by atoms with van der Waals surface area (Å²) in [6, 6.07) is 11.9. The molecule has 8 heteroatoms. The SMILES string of the molecule is O=S(=O)(c1ccc(F)cc1F)N1CCc2nc(-c3ccccc3)ncc2C1. The van der Waals surface area contributed by atoms with Crippen LogP contribution in [-0.4, -0.2) is 29.2 Å². The highest BCUT2D eigenvalue weighted by atomic mass is 32.2. The molecule has 0 saturated carbocycles. The number of benzene rings is 2. The summed E-state index contributed by atoms with van der Waals surface area (Å²) in [5.41, 5.74) is 2.32. The molecule has 0 bridgehead atoms. The van der Waals surface area contributed by atoms with Gasteiger partial charge in [0, 0.05) is 42.9 Å². The Morgan fingerprint density at radius 1 is 1.04 bits per heavy atom. The molecule has 5 nitrogen and oxygen atoms in total. The Morgan fingerprint density at radius 2 is 1.81 bits per heavy atom. The fourth-order valence-corrected chi connectivity index (χ4v) is 4.51. The van der Waals surface area contributed by atoms with Gasteiger partial charge in [-0.1, -0.05) is 30.3 Å². The van der Waals surface area contributed by atoms with Crippen LogP contribution in [0.15, 0.2) is 59.6 Å². The smallest absolute Gasteiger partial charge is 0.236 e. The average Bonchev–Trinajstić information content (AvgIpc) is 2.67. The maximum atomic E-state index is 14.0. The van der Waals surface area contributed by atoms with Crippen LogP contribution in [0.5, 0.6) is 0 Å². The zero-order valence-electron chi connectivity index (χ0n) is 14.1. The standard InChI is InChI=1S/C19H15F2N3O2S/c20-15-6-7-18(16(21)10-15)27(25,26)24-9-8-17-14(12-24)11-22-19(23-17)13-4-2-1-3-5-13/h1-7,10-11H,8-9,12H2. The van der Waals surface area contributed by atoms with Crippen LogP contribution in [0, 0.1) is 11.6 Å². The van der Waals surface area contributed by atoms with E-state index in [1.165, 1.54) is 0 Å². The van der Waals surface area contributed by atoms with Crippen molar-refractivity contribution in [3.8, 4) is 11.4 Å². The number of halogens is 2. The number of hydrogen-bond acceptors (Lipinski definition) is 4. The Kier molecular flexibility index (Phi) is 4.45. The zero-order chi connectivity index (χ0) is 19.0. The van der Waals surface area contributed by atoms with Gasteiger partial charge in [0.15, 0.2) is 5.82 Å². The zero-order valence-corrected chi connectivity index (χ0v) is 15.0. The summed E-state index contributed by atoms with van der Waals surface area (Å²) in [4.78, 5) is 8.34. The topological polar surface area (TPSA) is 63.2 Å². The van der Waals surface area contributed by atoms with E-state index in [-0.39, 0.29) is 13.1 Å². The molecule has 0 aliphatic carbocycles. The van der Waals surface area contributed by atoms with Gasteiger partial charge in [-0.2, -0.15) is 4.31 Å². The average molecular weight is 387 g/mol. The highest BCUT2D eigenvalue weighted by Crippen LogP contribution is 2.27. The number of nitrogens with zero attached hydrogens (tertiary/aromatic N) is 3. The quantitative estimate of drug-likeness (QED) is 0.693. The molecule has 0 atom stereocenters. The predicted octanol–water partition coefficient (Wildman–Crippen LogP) is 3.17.